The average molecular weight is 290 g/mol. The largest absolute Gasteiger partial charge is 0.478 e. The minimum Gasteiger partial charge on any atom is -0.478 e. The molecule has 0 saturated heterocycles. The summed E-state index contributed by atoms with van der Waals surface area (Å²) in [5.74, 6) is 4.00. The number of aromatic carboxylic acids is 1. The lowest BCUT2D eigenvalue weighted by molar-refractivity contribution is 0.0697. The van der Waals surface area contributed by atoms with Crippen molar-refractivity contribution in [3.05, 3.63) is 32.9 Å². The Morgan fingerprint density at radius 3 is 2.77 bits per heavy atom. The van der Waals surface area contributed by atoms with Crippen molar-refractivity contribution in [3.63, 3.8) is 0 Å². The molecule has 0 bridgehead atoms. The van der Waals surface area contributed by atoms with Gasteiger partial charge in [-0.25, -0.2) is 4.79 Å². The number of rotatable bonds is 2. The summed E-state index contributed by atoms with van der Waals surface area (Å²) in [7, 11) is 0. The molecule has 68 valence electrons. The van der Waals surface area contributed by atoms with Crippen molar-refractivity contribution < 1.29 is 9.90 Å². The fraction of sp³-hybridized carbons (Fsp3) is 0. The van der Waals surface area contributed by atoms with Crippen LogP contribution in [0.2, 0.25) is 0 Å². The normalized spacial score (nSPS) is 10.5. The predicted octanol–water partition coefficient (Wildman–Crippen LogP) is 1.28. The molecule has 3 N–H and O–H groups in total. The molecule has 0 aliphatic heterocycles. The number of hydrogen-bond acceptors (Lipinski definition) is 3. The Morgan fingerprint density at radius 1 is 1.54 bits per heavy atom. The molecule has 13 heavy (non-hydrogen) atoms. The van der Waals surface area contributed by atoms with Crippen LogP contribution in [0.5, 0.6) is 0 Å². The van der Waals surface area contributed by atoms with Gasteiger partial charge in [0.05, 0.1) is 11.8 Å². The molecule has 0 atom stereocenters. The lowest BCUT2D eigenvalue weighted by Gasteiger charge is -1.98. The van der Waals surface area contributed by atoms with Gasteiger partial charge < -0.3 is 10.9 Å². The highest BCUT2D eigenvalue weighted by atomic mass is 127. The van der Waals surface area contributed by atoms with Crippen molar-refractivity contribution >= 4 is 34.8 Å². The van der Waals surface area contributed by atoms with E-state index in [1.807, 2.05) is 22.6 Å². The molecule has 0 aliphatic carbocycles. The van der Waals surface area contributed by atoms with Crippen molar-refractivity contribution in [1.82, 2.24) is 0 Å². The summed E-state index contributed by atoms with van der Waals surface area (Å²) < 4.78 is 0.840. The number of hydrogen-bond donors (Lipinski definition) is 2. The summed E-state index contributed by atoms with van der Waals surface area (Å²) in [6, 6.07) is 4.89. The van der Waals surface area contributed by atoms with Crippen LogP contribution in [-0.4, -0.2) is 17.3 Å². The summed E-state index contributed by atoms with van der Waals surface area (Å²) in [5, 5.41) is 12.0. The molecule has 1 aromatic carbocycles. The molecule has 1 rings (SSSR count). The predicted molar refractivity (Wildman–Crippen MR) is 57.9 cm³/mol. The minimum atomic E-state index is -0.954. The van der Waals surface area contributed by atoms with E-state index in [2.05, 4.69) is 5.10 Å². The van der Waals surface area contributed by atoms with Crippen LogP contribution in [0, 0.1) is 3.57 Å². The number of nitrogens with zero attached hydrogens (tertiary/aromatic N) is 1. The summed E-state index contributed by atoms with van der Waals surface area (Å²) >= 11 is 2.04. The summed E-state index contributed by atoms with van der Waals surface area (Å²) in [5.41, 5.74) is 0.925. The van der Waals surface area contributed by atoms with Crippen LogP contribution in [0.4, 0.5) is 0 Å². The van der Waals surface area contributed by atoms with Crippen LogP contribution in [-0.2, 0) is 0 Å². The van der Waals surface area contributed by atoms with Crippen LogP contribution < -0.4 is 5.84 Å². The van der Waals surface area contributed by atoms with Crippen molar-refractivity contribution in [3.8, 4) is 0 Å². The molecular formula is C8H7IN2O2. The quantitative estimate of drug-likeness (QED) is 0.373. The first-order valence-corrected chi connectivity index (χ1v) is 4.48. The molecule has 0 aliphatic rings. The smallest absolute Gasteiger partial charge is 0.335 e. The van der Waals surface area contributed by atoms with Gasteiger partial charge in [-0.05, 0) is 46.4 Å². The number of nitrogens with two attached hydrogens (primary N) is 1. The van der Waals surface area contributed by atoms with Gasteiger partial charge in [0, 0.05) is 3.57 Å². The van der Waals surface area contributed by atoms with Gasteiger partial charge in [0.25, 0.3) is 0 Å². The molecule has 0 unspecified atom stereocenters. The van der Waals surface area contributed by atoms with E-state index >= 15 is 0 Å². The molecule has 0 radical (unpaired) electrons. The van der Waals surface area contributed by atoms with Gasteiger partial charge in [0.15, 0.2) is 0 Å². The molecular weight excluding hydrogens is 283 g/mol. The van der Waals surface area contributed by atoms with Gasteiger partial charge in [-0.1, -0.05) is 0 Å². The third-order valence-corrected chi connectivity index (χ3v) is 2.01. The fourth-order valence-electron chi connectivity index (χ4n) is 0.896. The highest BCUT2D eigenvalue weighted by Gasteiger charge is 2.04. The molecule has 0 aromatic heterocycles. The Balaban J connectivity index is 3.18. The second-order valence-corrected chi connectivity index (χ2v) is 3.60. The Morgan fingerprint density at radius 2 is 2.23 bits per heavy atom. The Labute approximate surface area is 88.6 Å². The SMILES string of the molecule is NN=Cc1cc(I)cc(C(=O)O)c1. The van der Waals surface area contributed by atoms with Gasteiger partial charge in [0.1, 0.15) is 0 Å². The van der Waals surface area contributed by atoms with Gasteiger partial charge in [-0.15, -0.1) is 0 Å². The second-order valence-electron chi connectivity index (χ2n) is 2.36. The summed E-state index contributed by atoms with van der Waals surface area (Å²) in [6.45, 7) is 0. The van der Waals surface area contributed by atoms with E-state index in [0.717, 1.165) is 3.57 Å². The summed E-state index contributed by atoms with van der Waals surface area (Å²) in [4.78, 5) is 10.6. The van der Waals surface area contributed by atoms with Crippen LogP contribution >= 0.6 is 22.6 Å². The van der Waals surface area contributed by atoms with Gasteiger partial charge in [-0.3, -0.25) is 0 Å². The number of benzene rings is 1. The monoisotopic (exact) mass is 290 g/mol. The lowest BCUT2D eigenvalue weighted by atomic mass is 10.1. The number of carbonyl (C=O) groups is 1. The summed E-state index contributed by atoms with van der Waals surface area (Å²) in [6.07, 6.45) is 1.41. The molecule has 0 saturated carbocycles. The van der Waals surface area contributed by atoms with Crippen LogP contribution in [0.25, 0.3) is 0 Å². The molecule has 4 nitrogen and oxygen atoms in total. The third-order valence-electron chi connectivity index (χ3n) is 1.39. The minimum absolute atomic E-state index is 0.238. The number of carboxylic acid groups (broad SMARTS) is 1. The van der Waals surface area contributed by atoms with E-state index in [4.69, 9.17) is 10.9 Å². The van der Waals surface area contributed by atoms with Gasteiger partial charge in [0.2, 0.25) is 0 Å². The molecule has 5 heteroatoms. The van der Waals surface area contributed by atoms with Crippen molar-refractivity contribution in [2.24, 2.45) is 10.9 Å². The molecule has 0 spiro atoms. The maximum Gasteiger partial charge on any atom is 0.335 e. The molecule has 0 amide bonds. The standard InChI is InChI=1S/C8H7IN2O2/c9-7-2-5(4-11-10)1-6(3-7)8(12)13/h1-4H,10H2,(H,12,13). The first-order valence-electron chi connectivity index (χ1n) is 3.40. The maximum atomic E-state index is 10.6. The highest BCUT2D eigenvalue weighted by molar-refractivity contribution is 14.1. The van der Waals surface area contributed by atoms with Crippen molar-refractivity contribution in [2.45, 2.75) is 0 Å². The Bertz CT molecular complexity index is 363. The lowest BCUT2D eigenvalue weighted by Crippen LogP contribution is -1.98. The van der Waals surface area contributed by atoms with E-state index < -0.39 is 5.97 Å². The first-order chi connectivity index (χ1) is 6.13. The van der Waals surface area contributed by atoms with Gasteiger partial charge >= 0.3 is 5.97 Å². The van der Waals surface area contributed by atoms with E-state index in [1.54, 1.807) is 12.1 Å². The highest BCUT2D eigenvalue weighted by Crippen LogP contribution is 2.11. The number of halogens is 1. The first kappa shape index (κ1) is 9.97. The average Bonchev–Trinajstić information content (AvgIpc) is 2.03. The van der Waals surface area contributed by atoms with E-state index in [1.165, 1.54) is 12.3 Å². The van der Waals surface area contributed by atoms with E-state index in [-0.39, 0.29) is 5.56 Å². The molecule has 0 fully saturated rings. The van der Waals surface area contributed by atoms with Crippen LogP contribution in [0.15, 0.2) is 23.3 Å². The maximum absolute atomic E-state index is 10.6. The van der Waals surface area contributed by atoms with Crippen LogP contribution in [0.3, 0.4) is 0 Å². The Kier molecular flexibility index (Phi) is 3.24. The van der Waals surface area contributed by atoms with E-state index in [0.29, 0.717) is 5.56 Å². The fourth-order valence-corrected chi connectivity index (χ4v) is 1.59. The number of hydrazone groups is 1. The number of carboxylic acids is 1. The zero-order valence-electron chi connectivity index (χ0n) is 6.57. The zero-order valence-corrected chi connectivity index (χ0v) is 8.72. The topological polar surface area (TPSA) is 75.7 Å². The van der Waals surface area contributed by atoms with Crippen molar-refractivity contribution in [2.75, 3.05) is 0 Å². The molecule has 1 aromatic rings. The third kappa shape index (κ3) is 2.69. The Hall–Kier alpha value is -1.11. The van der Waals surface area contributed by atoms with E-state index in [9.17, 15) is 4.79 Å². The van der Waals surface area contributed by atoms with Crippen molar-refractivity contribution in [1.29, 1.82) is 0 Å². The second kappa shape index (κ2) is 4.22. The van der Waals surface area contributed by atoms with Gasteiger partial charge in [-0.2, -0.15) is 5.10 Å². The van der Waals surface area contributed by atoms with Crippen LogP contribution in [0.1, 0.15) is 15.9 Å². The molecule has 0 heterocycles. The zero-order chi connectivity index (χ0) is 9.84.